The molecule has 0 aliphatic carbocycles. The molecule has 0 aromatic rings. The highest BCUT2D eigenvalue weighted by Crippen LogP contribution is 1.80. The first-order valence-electron chi connectivity index (χ1n) is 2.14. The summed E-state index contributed by atoms with van der Waals surface area (Å²) in [6, 6.07) is 0. The third kappa shape index (κ3) is 2.72. The summed E-state index contributed by atoms with van der Waals surface area (Å²) in [6.45, 7) is 0. The van der Waals surface area contributed by atoms with Gasteiger partial charge >= 0.3 is 11.9 Å². The van der Waals surface area contributed by atoms with Crippen LogP contribution in [0.4, 0.5) is 0 Å². The summed E-state index contributed by atoms with van der Waals surface area (Å²) in [5.74, 6) is -2.80. The van der Waals surface area contributed by atoms with E-state index in [-0.39, 0.29) is 0 Å². The topological polar surface area (TPSA) is 94.1 Å². The molecule has 0 radical (unpaired) electrons. The first-order valence-corrected chi connectivity index (χ1v) is 2.14. The molecule has 0 saturated carbocycles. The van der Waals surface area contributed by atoms with Crippen LogP contribution in [0.25, 0.3) is 0 Å². The lowest BCUT2D eigenvalue weighted by Gasteiger charge is -1.94. The number of hydrogen-bond acceptors (Lipinski definition) is 7. The molecule has 1 N–H and O–H groups in total. The van der Waals surface area contributed by atoms with Crippen molar-refractivity contribution in [2.45, 2.75) is 0 Å². The molecule has 0 bridgehead atoms. The summed E-state index contributed by atoms with van der Waals surface area (Å²) >= 11 is 0. The Morgan fingerprint density at radius 3 is 2.40 bits per heavy atom. The van der Waals surface area contributed by atoms with Crippen molar-refractivity contribution in [1.29, 1.82) is 0 Å². The predicted molar refractivity (Wildman–Crippen MR) is 27.0 cm³/mol. The minimum Gasteiger partial charge on any atom is -0.362 e. The maximum atomic E-state index is 10.2. The summed E-state index contributed by atoms with van der Waals surface area (Å²) in [5, 5.41) is 1.71. The quantitative estimate of drug-likeness (QED) is 0.303. The van der Waals surface area contributed by atoms with Crippen LogP contribution in [0, 0.1) is 4.91 Å². The summed E-state index contributed by atoms with van der Waals surface area (Å²) < 4.78 is 0. The SMILES string of the molecule is CNOC(=O)C(=O)ON=O. The van der Waals surface area contributed by atoms with E-state index < -0.39 is 11.9 Å². The number of nitrogens with zero attached hydrogens (tertiary/aromatic N) is 1. The third-order valence-electron chi connectivity index (χ3n) is 0.482. The number of hydroxylamine groups is 1. The van der Waals surface area contributed by atoms with Crippen molar-refractivity contribution in [2.24, 2.45) is 5.34 Å². The van der Waals surface area contributed by atoms with Gasteiger partial charge in [-0.3, -0.25) is 4.84 Å². The molecule has 7 nitrogen and oxygen atoms in total. The van der Waals surface area contributed by atoms with Crippen molar-refractivity contribution in [1.82, 2.24) is 5.48 Å². The fourth-order valence-corrected chi connectivity index (χ4v) is 0.205. The van der Waals surface area contributed by atoms with E-state index in [1.807, 2.05) is 5.48 Å². The van der Waals surface area contributed by atoms with Gasteiger partial charge in [0.15, 0.2) is 5.34 Å². The lowest BCUT2D eigenvalue weighted by Crippen LogP contribution is -2.23. The van der Waals surface area contributed by atoms with Crippen LogP contribution >= 0.6 is 0 Å². The zero-order valence-electron chi connectivity index (χ0n) is 4.99. The van der Waals surface area contributed by atoms with E-state index in [0.717, 1.165) is 0 Å². The molecule has 0 rings (SSSR count). The van der Waals surface area contributed by atoms with Gasteiger partial charge < -0.3 is 4.84 Å². The molecule has 0 fully saturated rings. The summed E-state index contributed by atoms with van der Waals surface area (Å²) in [4.78, 5) is 36.7. The van der Waals surface area contributed by atoms with Gasteiger partial charge in [-0.2, -0.15) is 5.48 Å². The second kappa shape index (κ2) is 4.39. The molecule has 0 aliphatic heterocycles. The van der Waals surface area contributed by atoms with Crippen molar-refractivity contribution in [3.63, 3.8) is 0 Å². The molecular formula is C3H4N2O5. The highest BCUT2D eigenvalue weighted by atomic mass is 16.8. The van der Waals surface area contributed by atoms with Gasteiger partial charge in [-0.25, -0.2) is 9.59 Å². The number of hydrogen-bond donors (Lipinski definition) is 1. The van der Waals surface area contributed by atoms with Crippen LogP contribution in [-0.4, -0.2) is 19.0 Å². The van der Waals surface area contributed by atoms with Crippen LogP contribution in [0.3, 0.4) is 0 Å². The number of carbonyl (C=O) groups excluding carboxylic acids is 2. The van der Waals surface area contributed by atoms with Gasteiger partial charge in [0.1, 0.15) is 0 Å². The first kappa shape index (κ1) is 8.50. The first-order chi connectivity index (χ1) is 4.72. The Hall–Kier alpha value is -1.50. The largest absolute Gasteiger partial charge is 0.447 e. The molecule has 0 aromatic heterocycles. The van der Waals surface area contributed by atoms with Gasteiger partial charge in [-0.15, -0.1) is 4.91 Å². The molecule has 0 atom stereocenters. The Morgan fingerprint density at radius 1 is 1.40 bits per heavy atom. The van der Waals surface area contributed by atoms with Gasteiger partial charge in [-0.1, -0.05) is 0 Å². The Balaban J connectivity index is 3.70. The smallest absolute Gasteiger partial charge is 0.362 e. The van der Waals surface area contributed by atoms with Crippen molar-refractivity contribution < 1.29 is 19.3 Å². The molecule has 0 saturated heterocycles. The van der Waals surface area contributed by atoms with Gasteiger partial charge in [0, 0.05) is 7.05 Å². The number of carbonyl (C=O) groups is 2. The van der Waals surface area contributed by atoms with Crippen LogP contribution in [0.2, 0.25) is 0 Å². The molecule has 0 spiro atoms. The minimum absolute atomic E-state index is 1.26. The maximum absolute atomic E-state index is 10.2. The average molecular weight is 148 g/mol. The minimum atomic E-state index is -1.47. The lowest BCUT2D eigenvalue weighted by atomic mass is 10.7. The van der Waals surface area contributed by atoms with Gasteiger partial charge in [0.25, 0.3) is 0 Å². The molecule has 0 unspecified atom stereocenters. The zero-order valence-corrected chi connectivity index (χ0v) is 4.99. The Labute approximate surface area is 55.2 Å². The van der Waals surface area contributed by atoms with Crippen molar-refractivity contribution >= 4 is 11.9 Å². The second-order valence-electron chi connectivity index (χ2n) is 1.05. The summed E-state index contributed by atoms with van der Waals surface area (Å²) in [6.07, 6.45) is 0. The Bertz CT molecular complexity index is 155. The van der Waals surface area contributed by atoms with Crippen LogP contribution in [0.15, 0.2) is 5.34 Å². The Morgan fingerprint density at radius 2 is 2.00 bits per heavy atom. The van der Waals surface area contributed by atoms with E-state index in [1.165, 1.54) is 7.05 Å². The van der Waals surface area contributed by atoms with E-state index in [0.29, 0.717) is 0 Å². The molecule has 56 valence electrons. The molecule has 7 heteroatoms. The van der Waals surface area contributed by atoms with Crippen LogP contribution in [0.5, 0.6) is 0 Å². The molecule has 0 heterocycles. The zero-order chi connectivity index (χ0) is 7.98. The molecule has 0 amide bonds. The monoisotopic (exact) mass is 148 g/mol. The summed E-state index contributed by atoms with van der Waals surface area (Å²) in [5.41, 5.74) is 1.91. The lowest BCUT2D eigenvalue weighted by molar-refractivity contribution is -0.171. The maximum Gasteiger partial charge on any atom is 0.447 e. The third-order valence-corrected chi connectivity index (χ3v) is 0.482. The number of rotatable bonds is 2. The van der Waals surface area contributed by atoms with E-state index in [4.69, 9.17) is 0 Å². The van der Waals surface area contributed by atoms with Gasteiger partial charge in [0.2, 0.25) is 0 Å². The van der Waals surface area contributed by atoms with Gasteiger partial charge in [-0.05, 0) is 0 Å². The Kier molecular flexibility index (Phi) is 3.73. The molecule has 10 heavy (non-hydrogen) atoms. The van der Waals surface area contributed by atoms with Crippen LogP contribution < -0.4 is 5.48 Å². The van der Waals surface area contributed by atoms with E-state index in [2.05, 4.69) is 9.68 Å². The van der Waals surface area contributed by atoms with E-state index >= 15 is 0 Å². The second-order valence-corrected chi connectivity index (χ2v) is 1.05. The fourth-order valence-electron chi connectivity index (χ4n) is 0.205. The molecule has 0 aromatic carbocycles. The van der Waals surface area contributed by atoms with Gasteiger partial charge in [0.05, 0.1) is 0 Å². The average Bonchev–Trinajstić information content (AvgIpc) is 1.89. The molecular weight excluding hydrogens is 144 g/mol. The predicted octanol–water partition coefficient (Wildman–Crippen LogP) is -1.11. The van der Waals surface area contributed by atoms with E-state index in [9.17, 15) is 14.5 Å². The van der Waals surface area contributed by atoms with Crippen molar-refractivity contribution in [3.8, 4) is 0 Å². The number of nitrogens with one attached hydrogen (secondary N) is 1. The molecule has 0 aliphatic rings. The van der Waals surface area contributed by atoms with Crippen LogP contribution in [-0.2, 0) is 19.3 Å². The fraction of sp³-hybridized carbons (Fsp3) is 0.333. The highest BCUT2D eigenvalue weighted by molar-refractivity contribution is 6.29. The normalized spacial score (nSPS) is 8.10. The van der Waals surface area contributed by atoms with Crippen molar-refractivity contribution in [3.05, 3.63) is 4.91 Å². The summed E-state index contributed by atoms with van der Waals surface area (Å²) in [7, 11) is 1.26. The van der Waals surface area contributed by atoms with Crippen molar-refractivity contribution in [2.75, 3.05) is 7.05 Å². The standard InChI is InChI=1S/C3H4N2O5/c1-4-9-2(6)3(7)10-5-8/h4H,1H3. The highest BCUT2D eigenvalue weighted by Gasteiger charge is 2.17. The van der Waals surface area contributed by atoms with Crippen LogP contribution in [0.1, 0.15) is 0 Å². The van der Waals surface area contributed by atoms with E-state index in [1.54, 1.807) is 5.34 Å².